The molecule has 0 radical (unpaired) electrons. The Morgan fingerprint density at radius 2 is 1.82 bits per heavy atom. The van der Waals surface area contributed by atoms with E-state index in [1.54, 1.807) is 42.7 Å². The highest BCUT2D eigenvalue weighted by Crippen LogP contribution is 2.10. The first-order chi connectivity index (χ1) is 13.6. The van der Waals surface area contributed by atoms with Gasteiger partial charge in [-0.05, 0) is 54.3 Å². The topological polar surface area (TPSA) is 71.0 Å². The molecule has 0 unspecified atom stereocenters. The number of rotatable bonds is 8. The zero-order valence-electron chi connectivity index (χ0n) is 15.7. The van der Waals surface area contributed by atoms with Gasteiger partial charge in [0.15, 0.2) is 11.5 Å². The van der Waals surface area contributed by atoms with Crippen molar-refractivity contribution in [1.82, 2.24) is 20.5 Å². The summed E-state index contributed by atoms with van der Waals surface area (Å²) in [5, 5.41) is 10.9. The van der Waals surface area contributed by atoms with E-state index in [0.717, 1.165) is 13.0 Å². The molecule has 3 aromatic rings. The van der Waals surface area contributed by atoms with Crippen LogP contribution in [0.1, 0.15) is 21.6 Å². The first-order valence-electron chi connectivity index (χ1n) is 9.09. The first kappa shape index (κ1) is 19.4. The average Bonchev–Trinajstić information content (AvgIpc) is 2.74. The number of likely N-dealkylation sites (N-methyl/N-ethyl adjacent to an activating group) is 1. The fourth-order valence-electron chi connectivity index (χ4n) is 2.71. The molecular weight excluding hydrogens is 357 g/mol. The average molecular weight is 379 g/mol. The number of carbonyl (C=O) groups excluding carboxylic acids is 1. The van der Waals surface area contributed by atoms with Crippen LogP contribution in [-0.2, 0) is 12.8 Å². The predicted molar refractivity (Wildman–Crippen MR) is 106 cm³/mol. The third-order valence-electron chi connectivity index (χ3n) is 4.40. The summed E-state index contributed by atoms with van der Waals surface area (Å²) in [5.74, 6) is 0.0995. The standard InChI is InChI=1S/C21H22FN5O/c1-27(15-11-16-8-12-23-13-9-16)20-7-6-19(25-26-20)21(28)24-14-10-17-4-2-3-5-18(17)22/h2-9,12-13H,10-11,14-15H2,1H3,(H,24,28). The van der Waals surface area contributed by atoms with Crippen molar-refractivity contribution in [2.45, 2.75) is 12.8 Å². The number of anilines is 1. The van der Waals surface area contributed by atoms with Crippen LogP contribution >= 0.6 is 0 Å². The van der Waals surface area contributed by atoms with Gasteiger partial charge in [0.2, 0.25) is 0 Å². The molecule has 0 fully saturated rings. The smallest absolute Gasteiger partial charge is 0.271 e. The Labute approximate surface area is 163 Å². The number of carbonyl (C=O) groups is 1. The fourth-order valence-corrected chi connectivity index (χ4v) is 2.71. The summed E-state index contributed by atoms with van der Waals surface area (Å²) < 4.78 is 13.6. The Morgan fingerprint density at radius 3 is 2.54 bits per heavy atom. The number of hydrogen-bond acceptors (Lipinski definition) is 5. The molecule has 6 nitrogen and oxygen atoms in total. The normalized spacial score (nSPS) is 10.5. The van der Waals surface area contributed by atoms with Crippen LogP contribution in [0.5, 0.6) is 0 Å². The van der Waals surface area contributed by atoms with Gasteiger partial charge in [-0.25, -0.2) is 4.39 Å². The highest BCUT2D eigenvalue weighted by atomic mass is 19.1. The molecule has 28 heavy (non-hydrogen) atoms. The van der Waals surface area contributed by atoms with Gasteiger partial charge in [0.25, 0.3) is 5.91 Å². The SMILES string of the molecule is CN(CCc1ccncc1)c1ccc(C(=O)NCCc2ccccc2F)nn1. The quantitative estimate of drug-likeness (QED) is 0.652. The molecule has 3 rings (SSSR count). The molecule has 0 aliphatic rings. The van der Waals surface area contributed by atoms with Crippen LogP contribution in [0.25, 0.3) is 0 Å². The number of amides is 1. The van der Waals surface area contributed by atoms with E-state index in [4.69, 9.17) is 0 Å². The molecule has 0 aliphatic carbocycles. The molecule has 1 N–H and O–H groups in total. The highest BCUT2D eigenvalue weighted by Gasteiger charge is 2.10. The lowest BCUT2D eigenvalue weighted by molar-refractivity contribution is 0.0948. The minimum Gasteiger partial charge on any atom is -0.358 e. The van der Waals surface area contributed by atoms with E-state index in [1.165, 1.54) is 11.6 Å². The Morgan fingerprint density at radius 1 is 1.04 bits per heavy atom. The van der Waals surface area contributed by atoms with Gasteiger partial charge in [-0.3, -0.25) is 9.78 Å². The van der Waals surface area contributed by atoms with Gasteiger partial charge in [-0.1, -0.05) is 18.2 Å². The molecule has 2 heterocycles. The van der Waals surface area contributed by atoms with Gasteiger partial charge in [0.1, 0.15) is 5.82 Å². The van der Waals surface area contributed by atoms with Gasteiger partial charge in [0, 0.05) is 32.5 Å². The highest BCUT2D eigenvalue weighted by molar-refractivity contribution is 5.92. The van der Waals surface area contributed by atoms with E-state index in [0.29, 0.717) is 24.3 Å². The summed E-state index contributed by atoms with van der Waals surface area (Å²) in [4.78, 5) is 18.2. The number of pyridine rings is 1. The van der Waals surface area contributed by atoms with Crippen LogP contribution in [-0.4, -0.2) is 41.2 Å². The molecule has 2 aromatic heterocycles. The maximum absolute atomic E-state index is 13.6. The Hall–Kier alpha value is -3.35. The largest absolute Gasteiger partial charge is 0.358 e. The summed E-state index contributed by atoms with van der Waals surface area (Å²) in [6.45, 7) is 1.10. The second kappa shape index (κ2) is 9.55. The zero-order chi connectivity index (χ0) is 19.8. The molecule has 0 aliphatic heterocycles. The molecule has 7 heteroatoms. The van der Waals surface area contributed by atoms with Crippen LogP contribution < -0.4 is 10.2 Å². The molecule has 0 bridgehead atoms. The molecule has 0 atom stereocenters. The van der Waals surface area contributed by atoms with Crippen LogP contribution in [0.4, 0.5) is 10.2 Å². The van der Waals surface area contributed by atoms with Crippen molar-refractivity contribution in [2.24, 2.45) is 0 Å². The van der Waals surface area contributed by atoms with Gasteiger partial charge < -0.3 is 10.2 Å². The number of nitrogens with one attached hydrogen (secondary N) is 1. The van der Waals surface area contributed by atoms with Crippen LogP contribution in [0, 0.1) is 5.82 Å². The molecule has 0 spiro atoms. The number of hydrogen-bond donors (Lipinski definition) is 1. The van der Waals surface area contributed by atoms with Crippen LogP contribution in [0.3, 0.4) is 0 Å². The maximum Gasteiger partial charge on any atom is 0.271 e. The van der Waals surface area contributed by atoms with Crippen molar-refractivity contribution in [3.8, 4) is 0 Å². The van der Waals surface area contributed by atoms with Crippen molar-refractivity contribution in [2.75, 3.05) is 25.0 Å². The summed E-state index contributed by atoms with van der Waals surface area (Å²) >= 11 is 0. The molecule has 0 saturated carbocycles. The minimum absolute atomic E-state index is 0.236. The number of aromatic nitrogens is 3. The number of benzene rings is 1. The van der Waals surface area contributed by atoms with Crippen molar-refractivity contribution in [3.05, 3.63) is 83.6 Å². The molecule has 1 amide bonds. The maximum atomic E-state index is 13.6. The van der Waals surface area contributed by atoms with Crippen LogP contribution in [0.2, 0.25) is 0 Å². The lowest BCUT2D eigenvalue weighted by Crippen LogP contribution is -2.27. The number of halogens is 1. The van der Waals surface area contributed by atoms with Crippen molar-refractivity contribution in [1.29, 1.82) is 0 Å². The molecular formula is C21H22FN5O. The third kappa shape index (κ3) is 5.33. The van der Waals surface area contributed by atoms with Gasteiger partial charge >= 0.3 is 0 Å². The minimum atomic E-state index is -0.324. The fraction of sp³-hybridized carbons (Fsp3) is 0.238. The monoisotopic (exact) mass is 379 g/mol. The number of nitrogens with zero attached hydrogens (tertiary/aromatic N) is 4. The van der Waals surface area contributed by atoms with E-state index in [9.17, 15) is 9.18 Å². The Kier molecular flexibility index (Phi) is 6.62. The summed E-state index contributed by atoms with van der Waals surface area (Å²) in [7, 11) is 1.93. The van der Waals surface area contributed by atoms with Crippen molar-refractivity contribution >= 4 is 11.7 Å². The summed E-state index contributed by atoms with van der Waals surface area (Å²) in [6.07, 6.45) is 4.82. The van der Waals surface area contributed by atoms with Gasteiger partial charge in [-0.2, -0.15) is 0 Å². The van der Waals surface area contributed by atoms with Gasteiger partial charge in [-0.15, -0.1) is 10.2 Å². The van der Waals surface area contributed by atoms with Gasteiger partial charge in [0.05, 0.1) is 0 Å². The molecule has 144 valence electrons. The Bertz CT molecular complexity index is 902. The molecule has 1 aromatic carbocycles. The second-order valence-corrected chi connectivity index (χ2v) is 6.40. The predicted octanol–water partition coefficient (Wildman–Crippen LogP) is 2.66. The lowest BCUT2D eigenvalue weighted by atomic mass is 10.1. The lowest BCUT2D eigenvalue weighted by Gasteiger charge is -2.17. The Balaban J connectivity index is 1.49. The third-order valence-corrected chi connectivity index (χ3v) is 4.40. The summed E-state index contributed by atoms with van der Waals surface area (Å²) in [5.41, 5.74) is 2.00. The van der Waals surface area contributed by atoms with E-state index >= 15 is 0 Å². The zero-order valence-corrected chi connectivity index (χ0v) is 15.7. The van der Waals surface area contributed by atoms with Crippen molar-refractivity contribution in [3.63, 3.8) is 0 Å². The van der Waals surface area contributed by atoms with E-state index in [1.807, 2.05) is 24.1 Å². The van der Waals surface area contributed by atoms with Crippen molar-refractivity contribution < 1.29 is 9.18 Å². The van der Waals surface area contributed by atoms with Crippen LogP contribution in [0.15, 0.2) is 60.9 Å². The second-order valence-electron chi connectivity index (χ2n) is 6.40. The van der Waals surface area contributed by atoms with E-state index in [-0.39, 0.29) is 17.4 Å². The summed E-state index contributed by atoms with van der Waals surface area (Å²) in [6, 6.07) is 13.9. The van der Waals surface area contributed by atoms with E-state index in [2.05, 4.69) is 20.5 Å². The van der Waals surface area contributed by atoms with E-state index < -0.39 is 0 Å². The molecule has 0 saturated heterocycles. The first-order valence-corrected chi connectivity index (χ1v) is 9.09.